The average Bonchev–Trinajstić information content (AvgIpc) is 2.46. The van der Waals surface area contributed by atoms with E-state index in [1.54, 1.807) is 0 Å². The number of halogens is 1. The van der Waals surface area contributed by atoms with E-state index in [1.165, 1.54) is 18.4 Å². The van der Waals surface area contributed by atoms with Crippen molar-refractivity contribution in [2.45, 2.75) is 58.4 Å². The molecule has 0 saturated carbocycles. The highest BCUT2D eigenvalue weighted by Gasteiger charge is 2.11. The molecule has 2 nitrogen and oxygen atoms in total. The molecule has 1 aromatic rings. The molecule has 0 amide bonds. The second-order valence-corrected chi connectivity index (χ2v) is 7.21. The molecular formula is C19H31ClO2. The molecule has 0 heterocycles. The summed E-state index contributed by atoms with van der Waals surface area (Å²) in [6.45, 7) is 8.46. The fourth-order valence-corrected chi connectivity index (χ4v) is 3.15. The minimum absolute atomic E-state index is 0.285. The summed E-state index contributed by atoms with van der Waals surface area (Å²) in [4.78, 5) is 0. The zero-order valence-corrected chi connectivity index (χ0v) is 15.0. The van der Waals surface area contributed by atoms with E-state index < -0.39 is 0 Å². The standard InChI is InChI=1S/C19H31ClO2/c1-16(12-17(2)13-18(3)20)8-7-11-21-15-22-14-19-9-5-4-6-10-19/h4-6,9-10,16-18H,7-8,11-15H2,1-3H3. The van der Waals surface area contributed by atoms with Gasteiger partial charge in [-0.1, -0.05) is 44.2 Å². The number of rotatable bonds is 12. The van der Waals surface area contributed by atoms with Crippen LogP contribution >= 0.6 is 11.6 Å². The van der Waals surface area contributed by atoms with Crippen molar-refractivity contribution in [1.82, 2.24) is 0 Å². The van der Waals surface area contributed by atoms with Gasteiger partial charge in [0.05, 0.1) is 6.61 Å². The Morgan fingerprint density at radius 2 is 1.68 bits per heavy atom. The number of benzene rings is 1. The maximum absolute atomic E-state index is 6.04. The van der Waals surface area contributed by atoms with Crippen molar-refractivity contribution >= 4 is 11.6 Å². The molecule has 3 unspecified atom stereocenters. The van der Waals surface area contributed by atoms with Crippen LogP contribution in [0.5, 0.6) is 0 Å². The number of alkyl halides is 1. The highest BCUT2D eigenvalue weighted by Crippen LogP contribution is 2.21. The predicted molar refractivity (Wildman–Crippen MR) is 94.2 cm³/mol. The highest BCUT2D eigenvalue weighted by atomic mass is 35.5. The zero-order valence-electron chi connectivity index (χ0n) is 14.3. The first-order chi connectivity index (χ1) is 10.6. The van der Waals surface area contributed by atoms with E-state index in [0.717, 1.165) is 25.4 Å². The van der Waals surface area contributed by atoms with Crippen molar-refractivity contribution in [3.8, 4) is 0 Å². The smallest absolute Gasteiger partial charge is 0.147 e. The molecule has 1 rings (SSSR count). The number of hydrogen-bond donors (Lipinski definition) is 0. The molecule has 0 aromatic heterocycles. The lowest BCUT2D eigenvalue weighted by molar-refractivity contribution is -0.0628. The molecule has 3 heteroatoms. The molecule has 1 aromatic carbocycles. The second kappa shape index (κ2) is 11.9. The average molecular weight is 327 g/mol. The Balaban J connectivity index is 1.94. The summed E-state index contributed by atoms with van der Waals surface area (Å²) in [5.41, 5.74) is 1.18. The molecule has 22 heavy (non-hydrogen) atoms. The van der Waals surface area contributed by atoms with Crippen molar-refractivity contribution in [2.75, 3.05) is 13.4 Å². The topological polar surface area (TPSA) is 18.5 Å². The van der Waals surface area contributed by atoms with Crippen molar-refractivity contribution in [3.63, 3.8) is 0 Å². The van der Waals surface area contributed by atoms with Crippen molar-refractivity contribution in [1.29, 1.82) is 0 Å². The van der Waals surface area contributed by atoms with Crippen LogP contribution in [0, 0.1) is 11.8 Å². The van der Waals surface area contributed by atoms with E-state index in [9.17, 15) is 0 Å². The third kappa shape index (κ3) is 10.2. The van der Waals surface area contributed by atoms with Gasteiger partial charge in [0.2, 0.25) is 0 Å². The molecule has 0 aliphatic rings. The molecule has 0 aliphatic heterocycles. The SMILES string of the molecule is CC(Cl)CC(C)CC(C)CCCOCOCc1ccccc1. The largest absolute Gasteiger partial charge is 0.355 e. The lowest BCUT2D eigenvalue weighted by Gasteiger charge is -2.18. The Hall–Kier alpha value is -0.570. The van der Waals surface area contributed by atoms with E-state index in [4.69, 9.17) is 21.1 Å². The molecule has 0 bridgehead atoms. The molecule has 0 aliphatic carbocycles. The molecule has 126 valence electrons. The molecule has 0 spiro atoms. The first kappa shape index (κ1) is 19.5. The maximum Gasteiger partial charge on any atom is 0.147 e. The van der Waals surface area contributed by atoms with Crippen molar-refractivity contribution in [3.05, 3.63) is 35.9 Å². The van der Waals surface area contributed by atoms with Gasteiger partial charge >= 0.3 is 0 Å². The summed E-state index contributed by atoms with van der Waals surface area (Å²) in [7, 11) is 0. The third-order valence-corrected chi connectivity index (χ3v) is 3.97. The van der Waals surface area contributed by atoms with Crippen LogP contribution in [-0.4, -0.2) is 18.8 Å². The Labute approximate surface area is 141 Å². The van der Waals surface area contributed by atoms with Gasteiger partial charge in [0.25, 0.3) is 0 Å². The second-order valence-electron chi connectivity index (χ2n) is 6.46. The Morgan fingerprint density at radius 1 is 0.955 bits per heavy atom. The van der Waals surface area contributed by atoms with Gasteiger partial charge in [-0.3, -0.25) is 0 Å². The summed E-state index contributed by atoms with van der Waals surface area (Å²) >= 11 is 6.04. The molecule has 3 atom stereocenters. The van der Waals surface area contributed by atoms with Gasteiger partial charge in [0.15, 0.2) is 0 Å². The van der Waals surface area contributed by atoms with E-state index in [0.29, 0.717) is 19.3 Å². The van der Waals surface area contributed by atoms with Crippen LogP contribution in [-0.2, 0) is 16.1 Å². The van der Waals surface area contributed by atoms with E-state index >= 15 is 0 Å². The number of hydrogen-bond acceptors (Lipinski definition) is 2. The van der Waals surface area contributed by atoms with Gasteiger partial charge < -0.3 is 9.47 Å². The van der Waals surface area contributed by atoms with Crippen LogP contribution in [0.15, 0.2) is 30.3 Å². The normalized spacial score (nSPS) is 15.5. The Bertz CT molecular complexity index is 367. The van der Waals surface area contributed by atoms with Gasteiger partial charge in [0.1, 0.15) is 6.79 Å². The van der Waals surface area contributed by atoms with Crippen LogP contribution in [0.2, 0.25) is 0 Å². The zero-order chi connectivity index (χ0) is 16.2. The first-order valence-corrected chi connectivity index (χ1v) is 8.85. The van der Waals surface area contributed by atoms with E-state index in [2.05, 4.69) is 32.9 Å². The van der Waals surface area contributed by atoms with Gasteiger partial charge in [-0.15, -0.1) is 11.6 Å². The lowest BCUT2D eigenvalue weighted by atomic mass is 9.91. The van der Waals surface area contributed by atoms with Gasteiger partial charge in [-0.25, -0.2) is 0 Å². The lowest BCUT2D eigenvalue weighted by Crippen LogP contribution is -2.09. The monoisotopic (exact) mass is 326 g/mol. The fourth-order valence-electron chi connectivity index (χ4n) is 2.84. The molecule has 0 fully saturated rings. The Morgan fingerprint density at radius 3 is 2.36 bits per heavy atom. The summed E-state index contributed by atoms with van der Waals surface area (Å²) < 4.78 is 11.0. The predicted octanol–water partition coefficient (Wildman–Crippen LogP) is 5.64. The summed E-state index contributed by atoms with van der Waals surface area (Å²) in [6, 6.07) is 10.2. The minimum atomic E-state index is 0.285. The highest BCUT2D eigenvalue weighted by molar-refractivity contribution is 6.20. The van der Waals surface area contributed by atoms with Gasteiger partial charge in [0, 0.05) is 12.0 Å². The van der Waals surface area contributed by atoms with Crippen molar-refractivity contribution < 1.29 is 9.47 Å². The molecule has 0 saturated heterocycles. The van der Waals surface area contributed by atoms with Crippen LogP contribution in [0.1, 0.15) is 52.0 Å². The molecule has 0 radical (unpaired) electrons. The van der Waals surface area contributed by atoms with Crippen LogP contribution in [0.4, 0.5) is 0 Å². The third-order valence-electron chi connectivity index (χ3n) is 3.80. The Kier molecular flexibility index (Phi) is 10.6. The van der Waals surface area contributed by atoms with E-state index in [-0.39, 0.29) is 5.38 Å². The summed E-state index contributed by atoms with van der Waals surface area (Å²) in [5, 5.41) is 0.285. The minimum Gasteiger partial charge on any atom is -0.355 e. The fraction of sp³-hybridized carbons (Fsp3) is 0.684. The van der Waals surface area contributed by atoms with Crippen LogP contribution in [0.25, 0.3) is 0 Å². The number of ether oxygens (including phenoxy) is 2. The quantitative estimate of drug-likeness (QED) is 0.281. The summed E-state index contributed by atoms with van der Waals surface area (Å²) in [5.74, 6) is 1.44. The molecule has 0 N–H and O–H groups in total. The molecular weight excluding hydrogens is 296 g/mol. The summed E-state index contributed by atoms with van der Waals surface area (Å²) in [6.07, 6.45) is 4.66. The van der Waals surface area contributed by atoms with Crippen molar-refractivity contribution in [2.24, 2.45) is 11.8 Å². The van der Waals surface area contributed by atoms with Gasteiger partial charge in [-0.2, -0.15) is 0 Å². The van der Waals surface area contributed by atoms with Crippen LogP contribution in [0.3, 0.4) is 0 Å². The van der Waals surface area contributed by atoms with E-state index in [1.807, 2.05) is 18.2 Å². The first-order valence-electron chi connectivity index (χ1n) is 8.41. The van der Waals surface area contributed by atoms with Gasteiger partial charge in [-0.05, 0) is 50.0 Å². The maximum atomic E-state index is 6.04. The van der Waals surface area contributed by atoms with Crippen LogP contribution < -0.4 is 0 Å².